The highest BCUT2D eigenvalue weighted by Gasteiger charge is 2.18. The molecule has 0 aliphatic carbocycles. The minimum atomic E-state index is -0.0770. The van der Waals surface area contributed by atoms with E-state index in [0.29, 0.717) is 26.6 Å². The second-order valence-corrected chi connectivity index (χ2v) is 8.87. The third kappa shape index (κ3) is 4.59. The number of Topliss-reactive ketones (excluding diaryl/α,β-unsaturated/α-hetero) is 1. The van der Waals surface area contributed by atoms with E-state index in [9.17, 15) is 4.79 Å². The Bertz CT molecular complexity index is 1200. The van der Waals surface area contributed by atoms with Gasteiger partial charge >= 0.3 is 0 Å². The van der Waals surface area contributed by atoms with E-state index in [-0.39, 0.29) is 11.5 Å². The summed E-state index contributed by atoms with van der Waals surface area (Å²) in [6.45, 7) is 0. The summed E-state index contributed by atoms with van der Waals surface area (Å²) in [7, 11) is 0. The van der Waals surface area contributed by atoms with E-state index in [1.54, 1.807) is 30.6 Å². The first kappa shape index (κ1) is 21.1. The minimum Gasteiger partial charge on any atom is -0.293 e. The van der Waals surface area contributed by atoms with Crippen molar-refractivity contribution in [3.05, 3.63) is 87.1 Å². The Kier molecular flexibility index (Phi) is 6.53. The third-order valence-electron chi connectivity index (χ3n) is 4.21. The van der Waals surface area contributed by atoms with Gasteiger partial charge in [-0.2, -0.15) is 0 Å². The molecule has 0 bridgehead atoms. The summed E-state index contributed by atoms with van der Waals surface area (Å²) in [5, 5.41) is 10.0. The van der Waals surface area contributed by atoms with Crippen molar-refractivity contribution in [2.45, 2.75) is 5.16 Å². The van der Waals surface area contributed by atoms with E-state index >= 15 is 0 Å². The van der Waals surface area contributed by atoms with Crippen molar-refractivity contribution >= 4 is 56.7 Å². The van der Waals surface area contributed by atoms with Crippen molar-refractivity contribution in [1.29, 1.82) is 0 Å². The van der Waals surface area contributed by atoms with Gasteiger partial charge in [-0.25, -0.2) is 0 Å². The lowest BCUT2D eigenvalue weighted by molar-refractivity contribution is 0.102. The number of ketones is 1. The molecule has 30 heavy (non-hydrogen) atoms. The van der Waals surface area contributed by atoms with E-state index < -0.39 is 0 Å². The van der Waals surface area contributed by atoms with Crippen LogP contribution in [0.2, 0.25) is 10.0 Å². The number of pyridine rings is 1. The SMILES string of the molecule is O=C(CSc1nnc(-c2cccnc2)n1-c1ccc(Br)cc1)c1ccc(Cl)c(Cl)c1. The molecule has 0 saturated carbocycles. The highest BCUT2D eigenvalue weighted by Crippen LogP contribution is 2.29. The van der Waals surface area contributed by atoms with Gasteiger partial charge in [0.2, 0.25) is 0 Å². The van der Waals surface area contributed by atoms with Crippen molar-refractivity contribution in [3.8, 4) is 17.1 Å². The lowest BCUT2D eigenvalue weighted by atomic mass is 10.1. The molecule has 2 heterocycles. The lowest BCUT2D eigenvalue weighted by Crippen LogP contribution is -2.05. The fourth-order valence-corrected chi connectivity index (χ4v) is 4.16. The maximum atomic E-state index is 12.7. The van der Waals surface area contributed by atoms with Gasteiger partial charge in [0.15, 0.2) is 16.8 Å². The molecule has 0 fully saturated rings. The van der Waals surface area contributed by atoms with Gasteiger partial charge in [0.05, 0.1) is 15.8 Å². The molecule has 0 unspecified atom stereocenters. The van der Waals surface area contributed by atoms with Crippen molar-refractivity contribution in [2.24, 2.45) is 0 Å². The minimum absolute atomic E-state index is 0.0770. The number of nitrogens with zero attached hydrogens (tertiary/aromatic N) is 4. The van der Waals surface area contributed by atoms with Crippen LogP contribution in [0.5, 0.6) is 0 Å². The van der Waals surface area contributed by atoms with Crippen LogP contribution in [0.4, 0.5) is 0 Å². The van der Waals surface area contributed by atoms with Crippen LogP contribution in [0, 0.1) is 0 Å². The molecule has 9 heteroatoms. The van der Waals surface area contributed by atoms with Crippen LogP contribution in [-0.2, 0) is 0 Å². The molecule has 0 aliphatic heterocycles. The molecule has 2 aromatic heterocycles. The van der Waals surface area contributed by atoms with Gasteiger partial charge in [0, 0.05) is 33.7 Å². The molecule has 0 spiro atoms. The van der Waals surface area contributed by atoms with Crippen LogP contribution >= 0.6 is 50.9 Å². The molecule has 0 radical (unpaired) electrons. The summed E-state index contributed by atoms with van der Waals surface area (Å²) in [5.41, 5.74) is 2.21. The van der Waals surface area contributed by atoms with Gasteiger partial charge in [-0.05, 0) is 54.6 Å². The summed E-state index contributed by atoms with van der Waals surface area (Å²) in [4.78, 5) is 16.8. The average molecular weight is 520 g/mol. The van der Waals surface area contributed by atoms with Crippen LogP contribution in [0.1, 0.15) is 10.4 Å². The molecular weight excluding hydrogens is 507 g/mol. The molecule has 4 aromatic rings. The summed E-state index contributed by atoms with van der Waals surface area (Å²) in [6, 6.07) is 16.4. The van der Waals surface area contributed by atoms with Gasteiger partial charge in [-0.1, -0.05) is 50.9 Å². The predicted octanol–water partition coefficient (Wildman–Crippen LogP) is 6.37. The Hall–Kier alpha value is -2.19. The quantitative estimate of drug-likeness (QED) is 0.218. The van der Waals surface area contributed by atoms with Crippen molar-refractivity contribution < 1.29 is 4.79 Å². The zero-order valence-corrected chi connectivity index (χ0v) is 19.2. The molecule has 150 valence electrons. The maximum absolute atomic E-state index is 12.7. The Morgan fingerprint density at radius 3 is 2.53 bits per heavy atom. The molecule has 0 N–H and O–H groups in total. The van der Waals surface area contributed by atoms with Crippen LogP contribution < -0.4 is 0 Å². The number of hydrogen-bond donors (Lipinski definition) is 0. The van der Waals surface area contributed by atoms with Crippen LogP contribution in [-0.4, -0.2) is 31.3 Å². The van der Waals surface area contributed by atoms with E-state index in [4.69, 9.17) is 23.2 Å². The number of hydrogen-bond acceptors (Lipinski definition) is 5. The van der Waals surface area contributed by atoms with Crippen LogP contribution in [0.3, 0.4) is 0 Å². The summed E-state index contributed by atoms with van der Waals surface area (Å²) >= 11 is 16.7. The standard InChI is InChI=1S/C21H13BrCl2N4OS/c22-15-4-6-16(7-5-15)28-20(14-2-1-9-25-11-14)26-27-21(28)30-12-19(29)13-3-8-17(23)18(24)10-13/h1-11H,12H2. The Balaban J connectivity index is 1.66. The fraction of sp³-hybridized carbons (Fsp3) is 0.0476. The number of thioether (sulfide) groups is 1. The number of carbonyl (C=O) groups excluding carboxylic acids is 1. The normalized spacial score (nSPS) is 10.9. The number of benzene rings is 2. The largest absolute Gasteiger partial charge is 0.293 e. The summed E-state index contributed by atoms with van der Waals surface area (Å²) in [6.07, 6.45) is 3.43. The number of rotatable bonds is 6. The van der Waals surface area contributed by atoms with Gasteiger partial charge in [-0.3, -0.25) is 14.3 Å². The molecule has 0 atom stereocenters. The Morgan fingerprint density at radius 1 is 1.03 bits per heavy atom. The van der Waals surface area contributed by atoms with Crippen molar-refractivity contribution in [2.75, 3.05) is 5.75 Å². The average Bonchev–Trinajstić information content (AvgIpc) is 3.19. The van der Waals surface area contributed by atoms with Crippen LogP contribution in [0.15, 0.2) is 76.6 Å². The van der Waals surface area contributed by atoms with E-state index in [1.165, 1.54) is 11.8 Å². The zero-order valence-electron chi connectivity index (χ0n) is 15.3. The smallest absolute Gasteiger partial charge is 0.196 e. The zero-order chi connectivity index (χ0) is 21.1. The van der Waals surface area contributed by atoms with Crippen molar-refractivity contribution in [3.63, 3.8) is 0 Å². The predicted molar refractivity (Wildman–Crippen MR) is 124 cm³/mol. The van der Waals surface area contributed by atoms with Crippen molar-refractivity contribution in [1.82, 2.24) is 19.7 Å². The second kappa shape index (κ2) is 9.31. The molecule has 4 rings (SSSR count). The lowest BCUT2D eigenvalue weighted by Gasteiger charge is -2.10. The first-order valence-corrected chi connectivity index (χ1v) is 11.3. The molecule has 5 nitrogen and oxygen atoms in total. The second-order valence-electron chi connectivity index (χ2n) is 6.20. The molecule has 0 saturated heterocycles. The maximum Gasteiger partial charge on any atom is 0.196 e. The molecule has 0 aliphatic rings. The molecule has 0 amide bonds. The van der Waals surface area contributed by atoms with Crippen LogP contribution in [0.25, 0.3) is 17.1 Å². The van der Waals surface area contributed by atoms with E-state index in [1.807, 2.05) is 41.0 Å². The Labute approximate surface area is 195 Å². The topological polar surface area (TPSA) is 60.7 Å². The number of carbonyl (C=O) groups is 1. The highest BCUT2D eigenvalue weighted by molar-refractivity contribution is 9.10. The summed E-state index contributed by atoms with van der Waals surface area (Å²) < 4.78 is 2.88. The monoisotopic (exact) mass is 518 g/mol. The molecular formula is C21H13BrCl2N4OS. The van der Waals surface area contributed by atoms with Gasteiger partial charge in [0.1, 0.15) is 0 Å². The first-order chi connectivity index (χ1) is 14.5. The fourth-order valence-electron chi connectivity index (χ4n) is 2.75. The Morgan fingerprint density at radius 2 is 1.83 bits per heavy atom. The van der Waals surface area contributed by atoms with Gasteiger partial charge in [0.25, 0.3) is 0 Å². The number of halogens is 3. The van der Waals surface area contributed by atoms with E-state index in [0.717, 1.165) is 15.7 Å². The molecule has 2 aromatic carbocycles. The van der Waals surface area contributed by atoms with Gasteiger partial charge < -0.3 is 0 Å². The van der Waals surface area contributed by atoms with E-state index in [2.05, 4.69) is 31.1 Å². The third-order valence-corrected chi connectivity index (χ3v) is 6.41. The van der Waals surface area contributed by atoms with Gasteiger partial charge in [-0.15, -0.1) is 10.2 Å². The number of aromatic nitrogens is 4. The summed E-state index contributed by atoms with van der Waals surface area (Å²) in [5.74, 6) is 0.751. The first-order valence-electron chi connectivity index (χ1n) is 8.76. The highest BCUT2D eigenvalue weighted by atomic mass is 79.9.